The lowest BCUT2D eigenvalue weighted by Crippen LogP contribution is -2.49. The number of nitrogens with zero attached hydrogens (tertiary/aromatic N) is 2. The zero-order chi connectivity index (χ0) is 30.7. The van der Waals surface area contributed by atoms with E-state index in [-0.39, 0.29) is 24.7 Å². The van der Waals surface area contributed by atoms with E-state index in [1.165, 1.54) is 0 Å². The number of carbonyl (C=O) groups excluding carboxylic acids is 1. The van der Waals surface area contributed by atoms with Crippen molar-refractivity contribution in [3.05, 3.63) is 113 Å². The molecule has 1 amide bonds. The second-order valence-corrected chi connectivity index (χ2v) is 11.6. The number of ether oxygens (including phenoxy) is 3. The lowest BCUT2D eigenvalue weighted by molar-refractivity contribution is -0.117. The maximum atomic E-state index is 16.3. The van der Waals surface area contributed by atoms with Gasteiger partial charge in [0.25, 0.3) is 0 Å². The molecule has 8 heteroatoms. The van der Waals surface area contributed by atoms with E-state index in [0.29, 0.717) is 49.0 Å². The third kappa shape index (κ3) is 6.09. The van der Waals surface area contributed by atoms with Gasteiger partial charge in [0, 0.05) is 5.69 Å². The van der Waals surface area contributed by atoms with Crippen molar-refractivity contribution in [1.29, 1.82) is 0 Å². The molecule has 0 spiro atoms. The van der Waals surface area contributed by atoms with E-state index in [2.05, 4.69) is 16.8 Å². The summed E-state index contributed by atoms with van der Waals surface area (Å²) in [6.45, 7) is 7.88. The van der Waals surface area contributed by atoms with Gasteiger partial charge >= 0.3 is 0 Å². The molecule has 226 valence electrons. The third-order valence-corrected chi connectivity index (χ3v) is 8.08. The third-order valence-electron chi connectivity index (χ3n) is 8.08. The number of imidazole rings is 1. The molecule has 44 heavy (non-hydrogen) atoms. The summed E-state index contributed by atoms with van der Waals surface area (Å²) in [4.78, 5) is 17.6. The predicted octanol–water partition coefficient (Wildman–Crippen LogP) is 7.33. The summed E-state index contributed by atoms with van der Waals surface area (Å²) in [5.74, 6) is 0.110. The van der Waals surface area contributed by atoms with Crippen LogP contribution < -0.4 is 10.1 Å². The van der Waals surface area contributed by atoms with E-state index >= 15 is 4.39 Å². The maximum absolute atomic E-state index is 16.3. The molecular weight excluding hydrogens is 557 g/mol. The second-order valence-electron chi connectivity index (χ2n) is 11.6. The standard InChI is InChI=1S/C36H36FN3O4/c1-24-18-29(33(37)34(25(24)2)44-21-27-12-8-5-9-13-27)35-39-30-19-28(14-15-31(30)40(35)36(3)22-43-23-36)38-32(41)16-17-42-20-26-10-6-4-7-11-26/h4-15,18-19H,16-17,20-23H2,1-3H3,(H,38,41). The van der Waals surface area contributed by atoms with Crippen LogP contribution in [0.25, 0.3) is 22.4 Å². The van der Waals surface area contributed by atoms with Gasteiger partial charge in [-0.25, -0.2) is 9.37 Å². The summed E-state index contributed by atoms with van der Waals surface area (Å²) < 4.78 is 35.7. The Kier molecular flexibility index (Phi) is 8.46. The number of benzene rings is 4. The van der Waals surface area contributed by atoms with E-state index in [9.17, 15) is 4.79 Å². The molecule has 1 aliphatic heterocycles. The summed E-state index contributed by atoms with van der Waals surface area (Å²) in [6, 6.07) is 27.0. The van der Waals surface area contributed by atoms with Crippen LogP contribution in [0.15, 0.2) is 84.9 Å². The van der Waals surface area contributed by atoms with E-state index in [0.717, 1.165) is 27.8 Å². The minimum absolute atomic E-state index is 0.156. The number of nitrogens with one attached hydrogen (secondary N) is 1. The minimum Gasteiger partial charge on any atom is -0.486 e. The molecular formula is C36H36FN3O4. The van der Waals surface area contributed by atoms with Crippen LogP contribution in [0.4, 0.5) is 10.1 Å². The average molecular weight is 594 g/mol. The number of carbonyl (C=O) groups is 1. The van der Waals surface area contributed by atoms with Crippen LogP contribution in [0.5, 0.6) is 5.75 Å². The Labute approximate surface area is 256 Å². The minimum atomic E-state index is -0.451. The van der Waals surface area contributed by atoms with E-state index in [1.54, 1.807) is 0 Å². The lowest BCUT2D eigenvalue weighted by Gasteiger charge is -2.41. The Morgan fingerprint density at radius 2 is 1.66 bits per heavy atom. The summed E-state index contributed by atoms with van der Waals surface area (Å²) >= 11 is 0. The fraction of sp³-hybridized carbons (Fsp3) is 0.278. The Morgan fingerprint density at radius 1 is 0.977 bits per heavy atom. The number of fused-ring (bicyclic) bond motifs is 1. The predicted molar refractivity (Wildman–Crippen MR) is 169 cm³/mol. The van der Waals surface area contributed by atoms with Crippen LogP contribution in [0.2, 0.25) is 0 Å². The highest BCUT2D eigenvalue weighted by atomic mass is 19.1. The molecule has 0 radical (unpaired) electrons. The van der Waals surface area contributed by atoms with Crippen molar-refractivity contribution in [3.8, 4) is 17.1 Å². The van der Waals surface area contributed by atoms with Gasteiger partial charge < -0.3 is 24.1 Å². The van der Waals surface area contributed by atoms with Gasteiger partial charge in [0.1, 0.15) is 12.4 Å². The lowest BCUT2D eigenvalue weighted by atomic mass is 9.97. The molecule has 1 aliphatic rings. The van der Waals surface area contributed by atoms with Crippen molar-refractivity contribution in [2.75, 3.05) is 25.1 Å². The van der Waals surface area contributed by atoms with Gasteiger partial charge in [0.15, 0.2) is 11.6 Å². The fourth-order valence-electron chi connectivity index (χ4n) is 5.48. The second kappa shape index (κ2) is 12.6. The molecule has 0 unspecified atom stereocenters. The zero-order valence-corrected chi connectivity index (χ0v) is 25.2. The molecule has 4 aromatic carbocycles. The van der Waals surface area contributed by atoms with Crippen molar-refractivity contribution in [3.63, 3.8) is 0 Å². The number of hydrogen-bond donors (Lipinski definition) is 1. The smallest absolute Gasteiger partial charge is 0.226 e. The molecule has 0 aliphatic carbocycles. The number of halogens is 1. The SMILES string of the molecule is Cc1cc(-c2nc3cc(NC(=O)CCOCc4ccccc4)ccc3n2C2(C)COC2)c(F)c(OCc2ccccc2)c1C. The van der Waals surface area contributed by atoms with Gasteiger partial charge in [-0.05, 0) is 67.3 Å². The normalized spacial score (nSPS) is 13.9. The Bertz CT molecular complexity index is 1780. The molecule has 1 saturated heterocycles. The molecule has 0 atom stereocenters. The monoisotopic (exact) mass is 593 g/mol. The Balaban J connectivity index is 1.27. The largest absolute Gasteiger partial charge is 0.486 e. The molecule has 1 aromatic heterocycles. The molecule has 2 heterocycles. The molecule has 0 saturated carbocycles. The number of anilines is 1. The van der Waals surface area contributed by atoms with Crippen molar-refractivity contribution in [1.82, 2.24) is 9.55 Å². The highest BCUT2D eigenvalue weighted by molar-refractivity contribution is 5.94. The first-order valence-corrected chi connectivity index (χ1v) is 14.8. The zero-order valence-electron chi connectivity index (χ0n) is 25.2. The van der Waals surface area contributed by atoms with Gasteiger partial charge in [-0.2, -0.15) is 0 Å². The number of hydrogen-bond acceptors (Lipinski definition) is 5. The van der Waals surface area contributed by atoms with Crippen molar-refractivity contribution >= 4 is 22.6 Å². The topological polar surface area (TPSA) is 74.6 Å². The van der Waals surface area contributed by atoms with Gasteiger partial charge in [0.05, 0.1) is 55.0 Å². The van der Waals surface area contributed by atoms with Gasteiger partial charge in [-0.15, -0.1) is 0 Å². The van der Waals surface area contributed by atoms with Crippen LogP contribution in [0, 0.1) is 19.7 Å². The molecule has 7 nitrogen and oxygen atoms in total. The summed E-state index contributed by atoms with van der Waals surface area (Å²) in [6.07, 6.45) is 0.222. The molecule has 0 bridgehead atoms. The number of aromatic nitrogens is 2. The van der Waals surface area contributed by atoms with Crippen LogP contribution >= 0.6 is 0 Å². The Hall–Kier alpha value is -4.53. The van der Waals surface area contributed by atoms with Crippen LogP contribution in [-0.2, 0) is 33.0 Å². The first-order chi connectivity index (χ1) is 21.3. The molecule has 1 fully saturated rings. The number of rotatable bonds is 11. The first-order valence-electron chi connectivity index (χ1n) is 14.8. The van der Waals surface area contributed by atoms with E-state index in [1.807, 2.05) is 98.8 Å². The average Bonchev–Trinajstić information content (AvgIpc) is 3.40. The van der Waals surface area contributed by atoms with E-state index in [4.69, 9.17) is 19.2 Å². The Morgan fingerprint density at radius 3 is 2.32 bits per heavy atom. The van der Waals surface area contributed by atoms with Crippen molar-refractivity contribution in [2.45, 2.75) is 45.9 Å². The highest BCUT2D eigenvalue weighted by Crippen LogP contribution is 2.40. The van der Waals surface area contributed by atoms with Crippen molar-refractivity contribution in [2.24, 2.45) is 0 Å². The van der Waals surface area contributed by atoms with Crippen LogP contribution in [-0.4, -0.2) is 35.3 Å². The molecule has 1 N–H and O–H groups in total. The molecule has 6 rings (SSSR count). The van der Waals surface area contributed by atoms with Crippen molar-refractivity contribution < 1.29 is 23.4 Å². The fourth-order valence-corrected chi connectivity index (χ4v) is 5.48. The number of amides is 1. The maximum Gasteiger partial charge on any atom is 0.226 e. The van der Waals surface area contributed by atoms with Crippen LogP contribution in [0.1, 0.15) is 35.6 Å². The summed E-state index contributed by atoms with van der Waals surface area (Å²) in [5, 5.41) is 2.95. The quantitative estimate of drug-likeness (QED) is 0.162. The van der Waals surface area contributed by atoms with E-state index < -0.39 is 11.4 Å². The van der Waals surface area contributed by atoms with Crippen LogP contribution in [0.3, 0.4) is 0 Å². The summed E-state index contributed by atoms with van der Waals surface area (Å²) in [5.41, 5.74) is 5.73. The summed E-state index contributed by atoms with van der Waals surface area (Å²) in [7, 11) is 0. The highest BCUT2D eigenvalue weighted by Gasteiger charge is 2.39. The first kappa shape index (κ1) is 29.5. The molecule has 5 aromatic rings. The van der Waals surface area contributed by atoms with Gasteiger partial charge in [-0.3, -0.25) is 4.79 Å². The number of aryl methyl sites for hydroxylation is 1. The van der Waals surface area contributed by atoms with Gasteiger partial charge in [-0.1, -0.05) is 60.7 Å². The van der Waals surface area contributed by atoms with Gasteiger partial charge in [0.2, 0.25) is 5.91 Å².